The Bertz CT molecular complexity index is 392. The number of hydrogen-bond acceptors (Lipinski definition) is 4. The third-order valence-electron chi connectivity index (χ3n) is 2.70. The second-order valence-corrected chi connectivity index (χ2v) is 4.39. The standard InChI is InChI=1S/C13H22N4O/c1-5-6-17(10-13(18)16(3)4)12-7-11(14-2)8-15-9-12/h7-9,14H,5-6,10H2,1-4H3. The minimum Gasteiger partial charge on any atom is -0.387 e. The summed E-state index contributed by atoms with van der Waals surface area (Å²) in [6, 6.07) is 2.01. The zero-order valence-electron chi connectivity index (χ0n) is 11.6. The molecule has 0 spiro atoms. The molecule has 0 aromatic carbocycles. The maximum Gasteiger partial charge on any atom is 0.241 e. The zero-order chi connectivity index (χ0) is 13.5. The topological polar surface area (TPSA) is 48.5 Å². The van der Waals surface area contributed by atoms with E-state index in [2.05, 4.69) is 22.1 Å². The average Bonchev–Trinajstić information content (AvgIpc) is 2.38. The predicted molar refractivity (Wildman–Crippen MR) is 75.0 cm³/mol. The number of aromatic nitrogens is 1. The van der Waals surface area contributed by atoms with Gasteiger partial charge in [0.05, 0.1) is 30.3 Å². The fourth-order valence-electron chi connectivity index (χ4n) is 1.61. The highest BCUT2D eigenvalue weighted by Gasteiger charge is 2.12. The molecule has 0 unspecified atom stereocenters. The first-order valence-electron chi connectivity index (χ1n) is 6.16. The SMILES string of the molecule is CCCN(CC(=O)N(C)C)c1cncc(NC)c1. The molecule has 18 heavy (non-hydrogen) atoms. The van der Waals surface area contributed by atoms with Crippen LogP contribution in [0.1, 0.15) is 13.3 Å². The summed E-state index contributed by atoms with van der Waals surface area (Å²) in [5.74, 6) is 0.0957. The van der Waals surface area contributed by atoms with E-state index < -0.39 is 0 Å². The lowest BCUT2D eigenvalue weighted by Gasteiger charge is -2.25. The van der Waals surface area contributed by atoms with Gasteiger partial charge >= 0.3 is 0 Å². The first kappa shape index (κ1) is 14.3. The van der Waals surface area contributed by atoms with Crippen molar-refractivity contribution in [1.82, 2.24) is 9.88 Å². The predicted octanol–water partition coefficient (Wildman–Crippen LogP) is 1.43. The largest absolute Gasteiger partial charge is 0.387 e. The van der Waals surface area contributed by atoms with E-state index >= 15 is 0 Å². The number of nitrogens with zero attached hydrogens (tertiary/aromatic N) is 3. The monoisotopic (exact) mass is 250 g/mol. The van der Waals surface area contributed by atoms with Crippen molar-refractivity contribution in [2.45, 2.75) is 13.3 Å². The van der Waals surface area contributed by atoms with Gasteiger partial charge in [-0.05, 0) is 12.5 Å². The minimum absolute atomic E-state index is 0.0957. The van der Waals surface area contributed by atoms with Crippen molar-refractivity contribution in [2.75, 3.05) is 44.4 Å². The Kier molecular flexibility index (Phi) is 5.42. The van der Waals surface area contributed by atoms with Gasteiger partial charge in [-0.25, -0.2) is 0 Å². The van der Waals surface area contributed by atoms with Crippen molar-refractivity contribution in [2.24, 2.45) is 0 Å². The zero-order valence-corrected chi connectivity index (χ0v) is 11.6. The van der Waals surface area contributed by atoms with Crippen LogP contribution in [0.25, 0.3) is 0 Å². The van der Waals surface area contributed by atoms with Crippen LogP contribution in [0.4, 0.5) is 11.4 Å². The van der Waals surface area contributed by atoms with E-state index in [0.29, 0.717) is 6.54 Å². The second-order valence-electron chi connectivity index (χ2n) is 4.39. The molecular weight excluding hydrogens is 228 g/mol. The van der Waals surface area contributed by atoms with Gasteiger partial charge in [0.2, 0.25) is 5.91 Å². The van der Waals surface area contributed by atoms with Crippen molar-refractivity contribution in [1.29, 1.82) is 0 Å². The first-order chi connectivity index (χ1) is 8.58. The summed E-state index contributed by atoms with van der Waals surface area (Å²) < 4.78 is 0. The number of pyridine rings is 1. The van der Waals surface area contributed by atoms with Gasteiger partial charge in [-0.3, -0.25) is 9.78 Å². The molecule has 5 nitrogen and oxygen atoms in total. The molecule has 0 fully saturated rings. The molecule has 0 saturated heterocycles. The molecule has 0 aliphatic carbocycles. The number of rotatable bonds is 6. The van der Waals surface area contributed by atoms with Crippen LogP contribution in [0.3, 0.4) is 0 Å². The van der Waals surface area contributed by atoms with Crippen LogP contribution in [0.2, 0.25) is 0 Å². The molecule has 0 aliphatic heterocycles. The number of nitrogens with one attached hydrogen (secondary N) is 1. The highest BCUT2D eigenvalue weighted by atomic mass is 16.2. The molecular formula is C13H22N4O. The molecule has 0 radical (unpaired) electrons. The third-order valence-corrected chi connectivity index (χ3v) is 2.70. The van der Waals surface area contributed by atoms with E-state index in [0.717, 1.165) is 24.3 Å². The Morgan fingerprint density at radius 3 is 2.67 bits per heavy atom. The van der Waals surface area contributed by atoms with Gasteiger partial charge in [0, 0.05) is 27.7 Å². The van der Waals surface area contributed by atoms with Gasteiger partial charge in [-0.15, -0.1) is 0 Å². The van der Waals surface area contributed by atoms with Crippen molar-refractivity contribution in [3.05, 3.63) is 18.5 Å². The molecule has 1 heterocycles. The summed E-state index contributed by atoms with van der Waals surface area (Å²) in [4.78, 5) is 19.6. The summed E-state index contributed by atoms with van der Waals surface area (Å²) in [7, 11) is 5.40. The quantitative estimate of drug-likeness (QED) is 0.829. The van der Waals surface area contributed by atoms with Crippen LogP contribution in [0.15, 0.2) is 18.5 Å². The Morgan fingerprint density at radius 2 is 2.11 bits per heavy atom. The molecule has 0 saturated carbocycles. The van der Waals surface area contributed by atoms with Crippen LogP contribution in [0, 0.1) is 0 Å². The number of anilines is 2. The lowest BCUT2D eigenvalue weighted by Crippen LogP contribution is -2.37. The summed E-state index contributed by atoms with van der Waals surface area (Å²) in [6.07, 6.45) is 4.55. The molecule has 0 aliphatic rings. The van der Waals surface area contributed by atoms with Gasteiger partial charge in [0.1, 0.15) is 0 Å². The summed E-state index contributed by atoms with van der Waals surface area (Å²) >= 11 is 0. The van der Waals surface area contributed by atoms with Gasteiger partial charge < -0.3 is 15.1 Å². The van der Waals surface area contributed by atoms with E-state index in [1.807, 2.05) is 13.1 Å². The molecule has 1 aromatic heterocycles. The Morgan fingerprint density at radius 1 is 1.39 bits per heavy atom. The lowest BCUT2D eigenvalue weighted by atomic mass is 10.3. The van der Waals surface area contributed by atoms with Gasteiger partial charge in [0.25, 0.3) is 0 Å². The normalized spacial score (nSPS) is 10.0. The fraction of sp³-hybridized carbons (Fsp3) is 0.538. The number of carbonyl (C=O) groups is 1. The van der Waals surface area contributed by atoms with Crippen LogP contribution < -0.4 is 10.2 Å². The Hall–Kier alpha value is -1.78. The minimum atomic E-state index is 0.0957. The first-order valence-corrected chi connectivity index (χ1v) is 6.16. The second kappa shape index (κ2) is 6.83. The summed E-state index contributed by atoms with van der Waals surface area (Å²) in [5.41, 5.74) is 1.92. The van der Waals surface area contributed by atoms with Gasteiger partial charge in [-0.2, -0.15) is 0 Å². The van der Waals surface area contributed by atoms with Crippen molar-refractivity contribution >= 4 is 17.3 Å². The third kappa shape index (κ3) is 3.91. The number of hydrogen-bond donors (Lipinski definition) is 1. The highest BCUT2D eigenvalue weighted by molar-refractivity contribution is 5.81. The molecule has 0 bridgehead atoms. The van der Waals surface area contributed by atoms with Crippen molar-refractivity contribution < 1.29 is 4.79 Å². The lowest BCUT2D eigenvalue weighted by molar-refractivity contribution is -0.127. The summed E-state index contributed by atoms with van der Waals surface area (Å²) in [5, 5.41) is 3.06. The Labute approximate surface area is 109 Å². The maximum atomic E-state index is 11.8. The number of carbonyl (C=O) groups excluding carboxylic acids is 1. The van der Waals surface area contributed by atoms with Gasteiger partial charge in [-0.1, -0.05) is 6.92 Å². The fourth-order valence-corrected chi connectivity index (χ4v) is 1.61. The smallest absolute Gasteiger partial charge is 0.241 e. The van der Waals surface area contributed by atoms with E-state index in [1.165, 1.54) is 0 Å². The molecule has 1 rings (SSSR count). The number of likely N-dealkylation sites (N-methyl/N-ethyl adjacent to an activating group) is 1. The van der Waals surface area contributed by atoms with Crippen LogP contribution in [-0.4, -0.2) is 50.0 Å². The molecule has 100 valence electrons. The van der Waals surface area contributed by atoms with E-state index in [1.54, 1.807) is 31.4 Å². The highest BCUT2D eigenvalue weighted by Crippen LogP contribution is 2.17. The van der Waals surface area contributed by atoms with E-state index in [-0.39, 0.29) is 5.91 Å². The molecule has 1 N–H and O–H groups in total. The average molecular weight is 250 g/mol. The molecule has 5 heteroatoms. The van der Waals surface area contributed by atoms with Crippen LogP contribution in [-0.2, 0) is 4.79 Å². The van der Waals surface area contributed by atoms with Crippen molar-refractivity contribution in [3.63, 3.8) is 0 Å². The maximum absolute atomic E-state index is 11.8. The van der Waals surface area contributed by atoms with Crippen LogP contribution >= 0.6 is 0 Å². The van der Waals surface area contributed by atoms with E-state index in [4.69, 9.17) is 0 Å². The van der Waals surface area contributed by atoms with Crippen LogP contribution in [0.5, 0.6) is 0 Å². The molecule has 1 aromatic rings. The van der Waals surface area contributed by atoms with Crippen molar-refractivity contribution in [3.8, 4) is 0 Å². The van der Waals surface area contributed by atoms with E-state index in [9.17, 15) is 4.79 Å². The van der Waals surface area contributed by atoms with Gasteiger partial charge in [0.15, 0.2) is 0 Å². The molecule has 0 atom stereocenters. The number of amides is 1. The summed E-state index contributed by atoms with van der Waals surface area (Å²) in [6.45, 7) is 3.33. The molecule has 1 amide bonds. The Balaban J connectivity index is 2.85.